The van der Waals surface area contributed by atoms with Crippen LogP contribution in [0.3, 0.4) is 0 Å². The molecule has 0 aliphatic heterocycles. The van der Waals surface area contributed by atoms with Gasteiger partial charge in [0.15, 0.2) is 0 Å². The van der Waals surface area contributed by atoms with Gasteiger partial charge >= 0.3 is 6.18 Å². The minimum absolute atomic E-state index is 0.406. The van der Waals surface area contributed by atoms with E-state index >= 15 is 0 Å². The molecular formula is C7H3BrF5NO. The van der Waals surface area contributed by atoms with E-state index in [-0.39, 0.29) is 0 Å². The zero-order valence-electron chi connectivity index (χ0n) is 6.83. The second-order valence-electron chi connectivity index (χ2n) is 2.57. The molecule has 1 rings (SSSR count). The van der Waals surface area contributed by atoms with Crippen LogP contribution in [0.2, 0.25) is 0 Å². The van der Waals surface area contributed by atoms with Gasteiger partial charge in [0, 0.05) is 4.47 Å². The number of hydrogen-bond acceptors (Lipinski definition) is 1. The van der Waals surface area contributed by atoms with Crippen molar-refractivity contribution in [2.45, 2.75) is 12.6 Å². The Morgan fingerprint density at radius 3 is 2.20 bits per heavy atom. The lowest BCUT2D eigenvalue weighted by Gasteiger charge is -2.08. The molecule has 0 aliphatic rings. The van der Waals surface area contributed by atoms with E-state index in [4.69, 9.17) is 0 Å². The number of nitrogens with one attached hydrogen (secondary N) is 1. The zero-order chi connectivity index (χ0) is 11.8. The van der Waals surface area contributed by atoms with E-state index in [0.717, 1.165) is 0 Å². The van der Waals surface area contributed by atoms with Gasteiger partial charge in [-0.15, -0.1) is 0 Å². The normalized spacial score (nSPS) is 12.2. The summed E-state index contributed by atoms with van der Waals surface area (Å²) in [6.07, 6.45) is -7.91. The Morgan fingerprint density at radius 1 is 1.33 bits per heavy atom. The summed E-state index contributed by atoms with van der Waals surface area (Å²) in [6.45, 7) is 0. The molecule has 0 bridgehead atoms. The highest BCUT2D eigenvalue weighted by Gasteiger charge is 2.33. The predicted octanol–water partition coefficient (Wildman–Crippen LogP) is 3.09. The first-order chi connectivity index (χ1) is 6.73. The van der Waals surface area contributed by atoms with Crippen molar-refractivity contribution >= 4 is 15.9 Å². The van der Waals surface area contributed by atoms with E-state index in [1.54, 1.807) is 0 Å². The molecule has 0 atom stereocenters. The van der Waals surface area contributed by atoms with Crippen LogP contribution in [0.4, 0.5) is 22.0 Å². The Morgan fingerprint density at radius 2 is 1.87 bits per heavy atom. The first-order valence-electron chi connectivity index (χ1n) is 3.51. The molecule has 0 saturated carbocycles. The van der Waals surface area contributed by atoms with E-state index in [1.807, 2.05) is 0 Å². The maximum atomic E-state index is 12.2. The van der Waals surface area contributed by atoms with Crippen molar-refractivity contribution in [1.29, 1.82) is 0 Å². The third-order valence-electron chi connectivity index (χ3n) is 1.54. The quantitative estimate of drug-likeness (QED) is 0.793. The minimum Gasteiger partial charge on any atom is -0.318 e. The molecule has 0 amide bonds. The van der Waals surface area contributed by atoms with Crippen LogP contribution in [-0.4, -0.2) is 4.98 Å². The lowest BCUT2D eigenvalue weighted by Crippen LogP contribution is -2.20. The van der Waals surface area contributed by atoms with Gasteiger partial charge in [0.05, 0.1) is 5.56 Å². The molecule has 1 N–H and O–H groups in total. The molecule has 0 fully saturated rings. The Kier molecular flexibility index (Phi) is 3.17. The van der Waals surface area contributed by atoms with Gasteiger partial charge in [-0.3, -0.25) is 4.79 Å². The number of H-pyrrole nitrogens is 1. The van der Waals surface area contributed by atoms with Crippen molar-refractivity contribution in [3.8, 4) is 0 Å². The molecule has 8 heteroatoms. The number of aromatic nitrogens is 1. The third kappa shape index (κ3) is 2.55. The summed E-state index contributed by atoms with van der Waals surface area (Å²) >= 11 is 2.49. The molecule has 84 valence electrons. The van der Waals surface area contributed by atoms with Crippen LogP contribution in [-0.2, 0) is 6.18 Å². The number of halogens is 6. The highest BCUT2D eigenvalue weighted by Crippen LogP contribution is 2.31. The van der Waals surface area contributed by atoms with Crippen molar-refractivity contribution in [2.24, 2.45) is 0 Å². The molecule has 1 aromatic rings. The molecule has 0 aliphatic carbocycles. The second-order valence-corrected chi connectivity index (χ2v) is 3.43. The summed E-state index contributed by atoms with van der Waals surface area (Å²) < 4.78 is 60.1. The molecule has 0 saturated heterocycles. The highest BCUT2D eigenvalue weighted by atomic mass is 79.9. The van der Waals surface area contributed by atoms with Gasteiger partial charge in [0.2, 0.25) is 0 Å². The molecular weight excluding hydrogens is 289 g/mol. The fourth-order valence-electron chi connectivity index (χ4n) is 0.895. The topological polar surface area (TPSA) is 32.9 Å². The van der Waals surface area contributed by atoms with Crippen LogP contribution in [0.25, 0.3) is 0 Å². The van der Waals surface area contributed by atoms with Crippen molar-refractivity contribution in [3.05, 3.63) is 32.2 Å². The van der Waals surface area contributed by atoms with Gasteiger partial charge in [-0.25, -0.2) is 8.78 Å². The summed E-state index contributed by atoms with van der Waals surface area (Å²) in [7, 11) is 0. The van der Waals surface area contributed by atoms with E-state index in [2.05, 4.69) is 15.9 Å². The van der Waals surface area contributed by atoms with Gasteiger partial charge in [0.1, 0.15) is 5.69 Å². The summed E-state index contributed by atoms with van der Waals surface area (Å²) in [5.74, 6) is 0. The molecule has 1 heterocycles. The average molecular weight is 292 g/mol. The van der Waals surface area contributed by atoms with Gasteiger partial charge in [-0.2, -0.15) is 13.2 Å². The lowest BCUT2D eigenvalue weighted by molar-refractivity contribution is -0.141. The first kappa shape index (κ1) is 12.2. The van der Waals surface area contributed by atoms with Crippen LogP contribution in [0.15, 0.2) is 15.3 Å². The van der Waals surface area contributed by atoms with Crippen LogP contribution in [0, 0.1) is 0 Å². The SMILES string of the molecule is O=c1[nH]c(C(F)(F)F)cc(Br)c1C(F)F. The molecule has 0 unspecified atom stereocenters. The number of pyridine rings is 1. The molecule has 0 aromatic carbocycles. The number of aromatic amines is 1. The van der Waals surface area contributed by atoms with Crippen LogP contribution in [0.5, 0.6) is 0 Å². The van der Waals surface area contributed by atoms with Gasteiger partial charge in [0.25, 0.3) is 12.0 Å². The van der Waals surface area contributed by atoms with Gasteiger partial charge in [-0.05, 0) is 6.07 Å². The number of alkyl halides is 5. The van der Waals surface area contributed by atoms with E-state index in [0.29, 0.717) is 6.07 Å². The average Bonchev–Trinajstić information content (AvgIpc) is 1.99. The second kappa shape index (κ2) is 3.92. The van der Waals surface area contributed by atoms with E-state index < -0.39 is 33.9 Å². The fourth-order valence-corrected chi connectivity index (χ4v) is 1.48. The highest BCUT2D eigenvalue weighted by molar-refractivity contribution is 9.10. The van der Waals surface area contributed by atoms with Crippen molar-refractivity contribution in [2.75, 3.05) is 0 Å². The summed E-state index contributed by atoms with van der Waals surface area (Å²) in [5.41, 5.74) is -3.83. The van der Waals surface area contributed by atoms with Crippen LogP contribution < -0.4 is 5.56 Å². The molecule has 0 spiro atoms. The Balaban J connectivity index is 3.39. The van der Waals surface area contributed by atoms with Crippen molar-refractivity contribution in [1.82, 2.24) is 4.98 Å². The standard InChI is InChI=1S/C7H3BrF5NO/c8-2-1-3(7(11,12)13)14-6(15)4(2)5(9)10/h1,5H,(H,14,15). The van der Waals surface area contributed by atoms with Crippen LogP contribution >= 0.6 is 15.9 Å². The fraction of sp³-hybridized carbons (Fsp3) is 0.286. The zero-order valence-corrected chi connectivity index (χ0v) is 8.42. The molecule has 15 heavy (non-hydrogen) atoms. The van der Waals surface area contributed by atoms with E-state index in [1.165, 1.54) is 4.98 Å². The lowest BCUT2D eigenvalue weighted by atomic mass is 10.2. The summed E-state index contributed by atoms with van der Waals surface area (Å²) in [4.78, 5) is 12.2. The Bertz CT molecular complexity index is 424. The predicted molar refractivity (Wildman–Crippen MR) is 44.7 cm³/mol. The molecule has 0 radical (unpaired) electrons. The smallest absolute Gasteiger partial charge is 0.318 e. The maximum absolute atomic E-state index is 12.2. The van der Waals surface area contributed by atoms with Crippen molar-refractivity contribution in [3.63, 3.8) is 0 Å². The van der Waals surface area contributed by atoms with Crippen LogP contribution in [0.1, 0.15) is 17.7 Å². The monoisotopic (exact) mass is 291 g/mol. The maximum Gasteiger partial charge on any atom is 0.431 e. The third-order valence-corrected chi connectivity index (χ3v) is 2.20. The Labute approximate surface area is 88.2 Å². The van der Waals surface area contributed by atoms with E-state index in [9.17, 15) is 26.7 Å². The summed E-state index contributed by atoms with van der Waals surface area (Å²) in [5, 5.41) is 0. The molecule has 2 nitrogen and oxygen atoms in total. The van der Waals surface area contributed by atoms with Gasteiger partial charge < -0.3 is 4.98 Å². The summed E-state index contributed by atoms with van der Waals surface area (Å²) in [6, 6.07) is 0.406. The van der Waals surface area contributed by atoms with Gasteiger partial charge in [-0.1, -0.05) is 15.9 Å². The first-order valence-corrected chi connectivity index (χ1v) is 4.31. The number of hydrogen-bond donors (Lipinski definition) is 1. The van der Waals surface area contributed by atoms with Crippen molar-refractivity contribution < 1.29 is 22.0 Å². The molecule has 1 aromatic heterocycles. The number of rotatable bonds is 1. The Hall–Kier alpha value is -0.920. The minimum atomic E-state index is -4.78. The largest absolute Gasteiger partial charge is 0.431 e.